The zero-order valence-electron chi connectivity index (χ0n) is 10.2. The Morgan fingerprint density at radius 2 is 2.32 bits per heavy atom. The third kappa shape index (κ3) is 2.41. The smallest absolute Gasteiger partial charge is 0.344 e. The Morgan fingerprint density at radius 1 is 1.53 bits per heavy atom. The van der Waals surface area contributed by atoms with Gasteiger partial charge in [0.25, 0.3) is 0 Å². The Kier molecular flexibility index (Phi) is 2.90. The van der Waals surface area contributed by atoms with Gasteiger partial charge in [0.1, 0.15) is 5.03 Å². The molecule has 3 rings (SSSR count). The zero-order valence-corrected chi connectivity index (χ0v) is 11.0. The summed E-state index contributed by atoms with van der Waals surface area (Å²) in [5.74, 6) is 0.503. The van der Waals surface area contributed by atoms with E-state index in [9.17, 15) is 4.79 Å². The summed E-state index contributed by atoms with van der Waals surface area (Å²) in [7, 11) is 1.50. The van der Waals surface area contributed by atoms with Gasteiger partial charge in [-0.1, -0.05) is 0 Å². The van der Waals surface area contributed by atoms with Crippen molar-refractivity contribution in [2.45, 2.75) is 29.1 Å². The van der Waals surface area contributed by atoms with Crippen LogP contribution in [0.4, 0.5) is 5.95 Å². The number of hydrogen-bond acceptors (Lipinski definition) is 7. The molecular formula is C10H12N6O2S. The normalized spacial score (nSPS) is 14.6. The van der Waals surface area contributed by atoms with Crippen molar-refractivity contribution in [1.29, 1.82) is 0 Å². The lowest BCUT2D eigenvalue weighted by Crippen LogP contribution is -2.16. The zero-order chi connectivity index (χ0) is 13.4. The Hall–Kier alpha value is -2.03. The molecule has 0 saturated heterocycles. The van der Waals surface area contributed by atoms with Crippen molar-refractivity contribution in [1.82, 2.24) is 24.7 Å². The first-order chi connectivity index (χ1) is 9.17. The van der Waals surface area contributed by atoms with E-state index in [0.29, 0.717) is 16.1 Å². The lowest BCUT2D eigenvalue weighted by atomic mass is 10.6. The minimum Gasteiger partial charge on any atom is -0.481 e. The van der Waals surface area contributed by atoms with Crippen molar-refractivity contribution in [2.24, 2.45) is 0 Å². The minimum absolute atomic E-state index is 0.123. The van der Waals surface area contributed by atoms with Crippen LogP contribution in [0.5, 0.6) is 5.88 Å². The van der Waals surface area contributed by atoms with Crippen LogP contribution in [0.3, 0.4) is 0 Å². The SMILES string of the molecule is COc1cc(Sc2n[nH]c(=O)n2C2CC2)nc(N)n1. The molecule has 1 fully saturated rings. The van der Waals surface area contributed by atoms with Crippen molar-refractivity contribution in [3.8, 4) is 5.88 Å². The molecular weight excluding hydrogens is 268 g/mol. The molecule has 19 heavy (non-hydrogen) atoms. The molecule has 9 heteroatoms. The van der Waals surface area contributed by atoms with Gasteiger partial charge in [-0.15, -0.1) is 5.10 Å². The number of ether oxygens (including phenoxy) is 1. The topological polar surface area (TPSA) is 112 Å². The van der Waals surface area contributed by atoms with Crippen molar-refractivity contribution in [3.63, 3.8) is 0 Å². The second kappa shape index (κ2) is 4.57. The van der Waals surface area contributed by atoms with E-state index < -0.39 is 0 Å². The minimum atomic E-state index is -0.195. The monoisotopic (exact) mass is 280 g/mol. The lowest BCUT2D eigenvalue weighted by molar-refractivity contribution is 0.396. The number of rotatable bonds is 4. The average Bonchev–Trinajstić information content (AvgIpc) is 3.14. The molecule has 2 aromatic heterocycles. The molecule has 1 aliphatic carbocycles. The van der Waals surface area contributed by atoms with Crippen molar-refractivity contribution in [2.75, 3.05) is 12.8 Å². The highest BCUT2D eigenvalue weighted by atomic mass is 32.2. The van der Waals surface area contributed by atoms with Gasteiger partial charge in [-0.3, -0.25) is 4.57 Å². The van der Waals surface area contributed by atoms with Crippen LogP contribution in [0.25, 0.3) is 0 Å². The van der Waals surface area contributed by atoms with Crippen molar-refractivity contribution in [3.05, 3.63) is 16.6 Å². The highest BCUT2D eigenvalue weighted by Crippen LogP contribution is 2.37. The fraction of sp³-hybridized carbons (Fsp3) is 0.400. The summed E-state index contributed by atoms with van der Waals surface area (Å²) in [6.45, 7) is 0. The molecule has 100 valence electrons. The largest absolute Gasteiger partial charge is 0.481 e. The first-order valence-electron chi connectivity index (χ1n) is 5.70. The van der Waals surface area contributed by atoms with Crippen LogP contribution >= 0.6 is 11.8 Å². The molecule has 0 aliphatic heterocycles. The van der Waals surface area contributed by atoms with Crippen LogP contribution in [-0.4, -0.2) is 31.8 Å². The van der Waals surface area contributed by atoms with Crippen LogP contribution < -0.4 is 16.2 Å². The van der Waals surface area contributed by atoms with Crippen LogP contribution in [0.1, 0.15) is 18.9 Å². The molecule has 3 N–H and O–H groups in total. The summed E-state index contributed by atoms with van der Waals surface area (Å²) in [6.07, 6.45) is 2.00. The molecule has 0 spiro atoms. The summed E-state index contributed by atoms with van der Waals surface area (Å²) in [5, 5.41) is 7.62. The second-order valence-electron chi connectivity index (χ2n) is 4.12. The van der Waals surface area contributed by atoms with E-state index in [1.54, 1.807) is 10.6 Å². The van der Waals surface area contributed by atoms with E-state index in [4.69, 9.17) is 10.5 Å². The molecule has 0 radical (unpaired) electrons. The van der Waals surface area contributed by atoms with Gasteiger partial charge in [-0.2, -0.15) is 4.98 Å². The predicted octanol–water partition coefficient (Wildman–Crippen LogP) is 0.438. The van der Waals surface area contributed by atoms with Gasteiger partial charge >= 0.3 is 5.69 Å². The Balaban J connectivity index is 1.93. The fourth-order valence-electron chi connectivity index (χ4n) is 1.69. The molecule has 0 unspecified atom stereocenters. The summed E-state index contributed by atoms with van der Waals surface area (Å²) in [5.41, 5.74) is 5.40. The maximum absolute atomic E-state index is 11.7. The number of nitrogens with two attached hydrogens (primary N) is 1. The van der Waals surface area contributed by atoms with E-state index >= 15 is 0 Å². The van der Waals surface area contributed by atoms with E-state index in [0.717, 1.165) is 12.8 Å². The van der Waals surface area contributed by atoms with Crippen molar-refractivity contribution >= 4 is 17.7 Å². The number of aromatic nitrogens is 5. The molecule has 2 aromatic rings. The van der Waals surface area contributed by atoms with Gasteiger partial charge in [0.05, 0.1) is 7.11 Å². The molecule has 0 atom stereocenters. The highest BCUT2D eigenvalue weighted by Gasteiger charge is 2.29. The summed E-state index contributed by atoms with van der Waals surface area (Å²) in [4.78, 5) is 19.6. The predicted molar refractivity (Wildman–Crippen MR) is 68.2 cm³/mol. The molecule has 1 aliphatic rings. The van der Waals surface area contributed by atoms with Gasteiger partial charge in [-0.05, 0) is 24.6 Å². The molecule has 2 heterocycles. The molecule has 1 saturated carbocycles. The van der Waals surface area contributed by atoms with Gasteiger partial charge < -0.3 is 10.5 Å². The quantitative estimate of drug-likeness (QED) is 0.781. The average molecular weight is 280 g/mol. The Bertz CT molecular complexity index is 662. The van der Waals surface area contributed by atoms with Crippen LogP contribution in [0, 0.1) is 0 Å². The third-order valence-corrected chi connectivity index (χ3v) is 3.57. The molecule has 0 amide bonds. The van der Waals surface area contributed by atoms with Gasteiger partial charge in [0.15, 0.2) is 5.16 Å². The second-order valence-corrected chi connectivity index (χ2v) is 5.11. The fourth-order valence-corrected chi connectivity index (χ4v) is 2.60. The molecule has 0 bridgehead atoms. The van der Waals surface area contributed by atoms with Crippen molar-refractivity contribution < 1.29 is 4.74 Å². The number of anilines is 1. The number of H-pyrrole nitrogens is 1. The summed E-state index contributed by atoms with van der Waals surface area (Å²) >= 11 is 1.26. The maximum atomic E-state index is 11.7. The van der Waals surface area contributed by atoms with Crippen LogP contribution in [-0.2, 0) is 0 Å². The van der Waals surface area contributed by atoms with E-state index in [2.05, 4.69) is 20.2 Å². The maximum Gasteiger partial charge on any atom is 0.344 e. The van der Waals surface area contributed by atoms with Gasteiger partial charge in [-0.25, -0.2) is 14.9 Å². The first kappa shape index (κ1) is 12.0. The van der Waals surface area contributed by atoms with Gasteiger partial charge in [0.2, 0.25) is 11.8 Å². The van der Waals surface area contributed by atoms with E-state index in [1.807, 2.05) is 0 Å². The number of methoxy groups -OCH3 is 1. The number of nitrogen functional groups attached to an aromatic ring is 1. The Morgan fingerprint density at radius 3 is 3.00 bits per heavy atom. The summed E-state index contributed by atoms with van der Waals surface area (Å²) < 4.78 is 6.68. The standard InChI is InChI=1S/C10H12N6O2S/c1-18-6-4-7(13-8(11)12-6)19-10-15-14-9(17)16(10)5-2-3-5/h4-5H,2-3H2,1H3,(H,14,17)(H2,11,12,13). The van der Waals surface area contributed by atoms with Crippen LogP contribution in [0.15, 0.2) is 21.0 Å². The van der Waals surface area contributed by atoms with E-state index in [-0.39, 0.29) is 17.7 Å². The number of nitrogens with zero attached hydrogens (tertiary/aromatic N) is 4. The Labute approximate surface area is 112 Å². The van der Waals surface area contributed by atoms with Gasteiger partial charge in [0, 0.05) is 12.1 Å². The van der Waals surface area contributed by atoms with Crippen LogP contribution in [0.2, 0.25) is 0 Å². The highest BCUT2D eigenvalue weighted by molar-refractivity contribution is 7.99. The third-order valence-electron chi connectivity index (χ3n) is 2.69. The number of nitrogens with one attached hydrogen (secondary N) is 1. The number of aromatic amines is 1. The first-order valence-corrected chi connectivity index (χ1v) is 6.52. The molecule has 8 nitrogen and oxygen atoms in total. The summed E-state index contributed by atoms with van der Waals surface area (Å²) in [6, 6.07) is 1.90. The number of hydrogen-bond donors (Lipinski definition) is 2. The van der Waals surface area contributed by atoms with E-state index in [1.165, 1.54) is 18.9 Å². The lowest BCUT2D eigenvalue weighted by Gasteiger charge is -2.05. The molecule has 0 aromatic carbocycles.